The molecular formula is C20H21NO4. The summed E-state index contributed by atoms with van der Waals surface area (Å²) in [5.74, 6) is 2.17. The highest BCUT2D eigenvalue weighted by Crippen LogP contribution is 2.23. The number of carbonyl (C=O) groups excluding carboxylic acids is 1. The van der Waals surface area contributed by atoms with Gasteiger partial charge >= 0.3 is 0 Å². The number of methoxy groups -OCH3 is 2. The predicted octanol–water partition coefficient (Wildman–Crippen LogP) is 3.01. The van der Waals surface area contributed by atoms with Crippen LogP contribution in [-0.2, 0) is 4.79 Å². The number of rotatable bonds is 6. The SMILES string of the molecule is COc1cc(/C=C/C(=O)N2CC(Oc3ccccc3)C2)cc(OC)c1. The number of benzene rings is 2. The molecule has 0 spiro atoms. The average Bonchev–Trinajstić information content (AvgIpc) is 2.62. The molecular weight excluding hydrogens is 318 g/mol. The lowest BCUT2D eigenvalue weighted by atomic mass is 10.1. The largest absolute Gasteiger partial charge is 0.497 e. The molecule has 1 fully saturated rings. The lowest BCUT2D eigenvalue weighted by Gasteiger charge is -2.38. The molecule has 1 aliphatic heterocycles. The van der Waals surface area contributed by atoms with E-state index in [-0.39, 0.29) is 12.0 Å². The second-order valence-electron chi connectivity index (χ2n) is 5.78. The third-order valence-electron chi connectivity index (χ3n) is 4.00. The zero-order chi connectivity index (χ0) is 17.6. The van der Waals surface area contributed by atoms with Gasteiger partial charge in [-0.05, 0) is 35.9 Å². The van der Waals surface area contributed by atoms with E-state index in [0.29, 0.717) is 24.6 Å². The van der Waals surface area contributed by atoms with Crippen LogP contribution in [-0.4, -0.2) is 44.2 Å². The molecule has 0 N–H and O–H groups in total. The van der Waals surface area contributed by atoms with Crippen LogP contribution in [0.4, 0.5) is 0 Å². The fourth-order valence-corrected chi connectivity index (χ4v) is 2.58. The van der Waals surface area contributed by atoms with Crippen LogP contribution in [0.5, 0.6) is 17.2 Å². The van der Waals surface area contributed by atoms with Crippen LogP contribution in [0.15, 0.2) is 54.6 Å². The summed E-state index contributed by atoms with van der Waals surface area (Å²) in [6, 6.07) is 15.1. The van der Waals surface area contributed by atoms with E-state index in [9.17, 15) is 4.79 Å². The fourth-order valence-electron chi connectivity index (χ4n) is 2.58. The first-order valence-electron chi connectivity index (χ1n) is 8.09. The van der Waals surface area contributed by atoms with E-state index in [0.717, 1.165) is 11.3 Å². The third kappa shape index (κ3) is 4.32. The number of carbonyl (C=O) groups is 1. The average molecular weight is 339 g/mol. The quantitative estimate of drug-likeness (QED) is 0.759. The van der Waals surface area contributed by atoms with Crippen LogP contribution >= 0.6 is 0 Å². The van der Waals surface area contributed by atoms with Crippen molar-refractivity contribution in [1.82, 2.24) is 4.90 Å². The number of para-hydroxylation sites is 1. The lowest BCUT2D eigenvalue weighted by Crippen LogP contribution is -2.55. The summed E-state index contributed by atoms with van der Waals surface area (Å²) in [7, 11) is 3.20. The minimum absolute atomic E-state index is 0.0327. The maximum absolute atomic E-state index is 12.2. The van der Waals surface area contributed by atoms with Crippen LogP contribution in [0.3, 0.4) is 0 Å². The van der Waals surface area contributed by atoms with Crippen LogP contribution in [0, 0.1) is 0 Å². The maximum Gasteiger partial charge on any atom is 0.246 e. The number of hydrogen-bond donors (Lipinski definition) is 0. The van der Waals surface area contributed by atoms with Crippen molar-refractivity contribution in [1.29, 1.82) is 0 Å². The molecule has 0 aromatic heterocycles. The Balaban J connectivity index is 1.54. The van der Waals surface area contributed by atoms with Crippen LogP contribution in [0.2, 0.25) is 0 Å². The highest BCUT2D eigenvalue weighted by atomic mass is 16.5. The van der Waals surface area contributed by atoms with E-state index < -0.39 is 0 Å². The van der Waals surface area contributed by atoms with E-state index in [2.05, 4.69) is 0 Å². The smallest absolute Gasteiger partial charge is 0.246 e. The molecule has 25 heavy (non-hydrogen) atoms. The van der Waals surface area contributed by atoms with Crippen LogP contribution in [0.25, 0.3) is 6.08 Å². The minimum Gasteiger partial charge on any atom is -0.497 e. The third-order valence-corrected chi connectivity index (χ3v) is 4.00. The first-order chi connectivity index (χ1) is 12.2. The molecule has 0 saturated carbocycles. The molecule has 5 nitrogen and oxygen atoms in total. The molecule has 1 amide bonds. The Hall–Kier alpha value is -2.95. The van der Waals surface area contributed by atoms with Crippen molar-refractivity contribution in [2.24, 2.45) is 0 Å². The summed E-state index contributed by atoms with van der Waals surface area (Å²) in [6.45, 7) is 1.19. The molecule has 2 aromatic carbocycles. The fraction of sp³-hybridized carbons (Fsp3) is 0.250. The molecule has 1 heterocycles. The second kappa shape index (κ2) is 7.75. The summed E-state index contributed by atoms with van der Waals surface area (Å²) in [6.07, 6.45) is 3.38. The molecule has 5 heteroatoms. The Kier molecular flexibility index (Phi) is 5.23. The molecule has 0 atom stereocenters. The number of ether oxygens (including phenoxy) is 3. The van der Waals surface area contributed by atoms with Crippen molar-refractivity contribution in [3.05, 3.63) is 60.2 Å². The summed E-state index contributed by atoms with van der Waals surface area (Å²) in [5.41, 5.74) is 0.849. The molecule has 0 bridgehead atoms. The topological polar surface area (TPSA) is 48.0 Å². The zero-order valence-electron chi connectivity index (χ0n) is 14.3. The van der Waals surface area contributed by atoms with Gasteiger partial charge in [-0.25, -0.2) is 0 Å². The standard InChI is InChI=1S/C20H21NO4/c1-23-17-10-15(11-18(12-17)24-2)8-9-20(22)21-13-19(14-21)25-16-6-4-3-5-7-16/h3-12,19H,13-14H2,1-2H3/b9-8+. The van der Waals surface area contributed by atoms with Crippen molar-refractivity contribution in [3.8, 4) is 17.2 Å². The van der Waals surface area contributed by atoms with Gasteiger partial charge in [0.1, 0.15) is 23.4 Å². The predicted molar refractivity (Wildman–Crippen MR) is 96.0 cm³/mol. The highest BCUT2D eigenvalue weighted by Gasteiger charge is 2.31. The van der Waals surface area contributed by atoms with E-state index in [1.165, 1.54) is 0 Å². The highest BCUT2D eigenvalue weighted by molar-refractivity contribution is 5.92. The molecule has 0 unspecified atom stereocenters. The van der Waals surface area contributed by atoms with Crippen molar-refractivity contribution in [2.45, 2.75) is 6.10 Å². The summed E-state index contributed by atoms with van der Waals surface area (Å²) in [5, 5.41) is 0. The molecule has 130 valence electrons. The Morgan fingerprint density at radius 3 is 2.24 bits per heavy atom. The van der Waals surface area contributed by atoms with Crippen LogP contribution in [0.1, 0.15) is 5.56 Å². The Labute approximate surface area is 147 Å². The number of amides is 1. The molecule has 1 aliphatic rings. The van der Waals surface area contributed by atoms with Gasteiger partial charge in [0.2, 0.25) is 5.91 Å². The summed E-state index contributed by atoms with van der Waals surface area (Å²) < 4.78 is 16.3. The van der Waals surface area contributed by atoms with Gasteiger partial charge in [0.15, 0.2) is 0 Å². The Morgan fingerprint density at radius 2 is 1.64 bits per heavy atom. The van der Waals surface area contributed by atoms with E-state index in [1.54, 1.807) is 37.3 Å². The monoisotopic (exact) mass is 339 g/mol. The van der Waals surface area contributed by atoms with Crippen molar-refractivity contribution < 1.29 is 19.0 Å². The van der Waals surface area contributed by atoms with Crippen molar-refractivity contribution in [2.75, 3.05) is 27.3 Å². The van der Waals surface area contributed by atoms with Gasteiger partial charge in [-0.15, -0.1) is 0 Å². The van der Waals surface area contributed by atoms with Crippen molar-refractivity contribution in [3.63, 3.8) is 0 Å². The minimum atomic E-state index is -0.0327. The molecule has 3 rings (SSSR count). The number of nitrogens with zero attached hydrogens (tertiary/aromatic N) is 1. The van der Waals surface area contributed by atoms with Gasteiger partial charge in [-0.3, -0.25) is 4.79 Å². The Bertz CT molecular complexity index is 729. The summed E-state index contributed by atoms with van der Waals surface area (Å²) >= 11 is 0. The van der Waals surface area contributed by atoms with E-state index >= 15 is 0 Å². The second-order valence-corrected chi connectivity index (χ2v) is 5.78. The van der Waals surface area contributed by atoms with E-state index in [4.69, 9.17) is 14.2 Å². The van der Waals surface area contributed by atoms with Crippen LogP contribution < -0.4 is 14.2 Å². The van der Waals surface area contributed by atoms with Gasteiger partial charge in [-0.1, -0.05) is 18.2 Å². The number of likely N-dealkylation sites (tertiary alicyclic amines) is 1. The normalized spacial score (nSPS) is 14.2. The lowest BCUT2D eigenvalue weighted by molar-refractivity contribution is -0.134. The van der Waals surface area contributed by atoms with Gasteiger partial charge < -0.3 is 19.1 Å². The summed E-state index contributed by atoms with van der Waals surface area (Å²) in [4.78, 5) is 14.0. The van der Waals surface area contributed by atoms with Gasteiger partial charge in [0.05, 0.1) is 27.3 Å². The van der Waals surface area contributed by atoms with E-state index in [1.807, 2.05) is 42.5 Å². The molecule has 1 saturated heterocycles. The molecule has 0 aliphatic carbocycles. The first-order valence-corrected chi connectivity index (χ1v) is 8.09. The first kappa shape index (κ1) is 16.9. The van der Waals surface area contributed by atoms with Gasteiger partial charge in [0.25, 0.3) is 0 Å². The molecule has 2 aromatic rings. The maximum atomic E-state index is 12.2. The number of hydrogen-bond acceptors (Lipinski definition) is 4. The molecule has 0 radical (unpaired) electrons. The Morgan fingerprint density at radius 1 is 1.00 bits per heavy atom. The zero-order valence-corrected chi connectivity index (χ0v) is 14.3. The van der Waals surface area contributed by atoms with Gasteiger partial charge in [0, 0.05) is 12.1 Å². The van der Waals surface area contributed by atoms with Gasteiger partial charge in [-0.2, -0.15) is 0 Å². The van der Waals surface area contributed by atoms with Crippen molar-refractivity contribution >= 4 is 12.0 Å².